The van der Waals surface area contributed by atoms with E-state index in [4.69, 9.17) is 0 Å². The first-order valence-electron chi connectivity index (χ1n) is 7.89. The molecule has 0 aliphatic heterocycles. The van der Waals surface area contributed by atoms with Crippen LogP contribution in [0.5, 0.6) is 0 Å². The van der Waals surface area contributed by atoms with Crippen molar-refractivity contribution in [3.05, 3.63) is 59.4 Å². The Hall–Kier alpha value is -2.68. The van der Waals surface area contributed by atoms with E-state index in [-0.39, 0.29) is 16.4 Å². The molecule has 0 aliphatic rings. The maximum absolute atomic E-state index is 13.2. The summed E-state index contributed by atoms with van der Waals surface area (Å²) in [5.41, 5.74) is 2.66. The van der Waals surface area contributed by atoms with Gasteiger partial charge in [-0.3, -0.25) is 0 Å². The van der Waals surface area contributed by atoms with E-state index in [2.05, 4.69) is 10.1 Å². The van der Waals surface area contributed by atoms with Crippen LogP contribution >= 0.6 is 0 Å². The Bertz CT molecular complexity index is 1100. The Kier molecular flexibility index (Phi) is 4.59. The highest BCUT2D eigenvalue weighted by atomic mass is 32.2. The number of alkyl halides is 3. The Morgan fingerprint density at radius 1 is 0.963 bits per heavy atom. The van der Waals surface area contributed by atoms with E-state index in [0.717, 1.165) is 22.1 Å². The highest BCUT2D eigenvalue weighted by molar-refractivity contribution is 7.90. The van der Waals surface area contributed by atoms with E-state index in [1.807, 2.05) is 13.8 Å². The fourth-order valence-corrected chi connectivity index (χ4v) is 3.14. The molecule has 0 saturated carbocycles. The van der Waals surface area contributed by atoms with Crippen LogP contribution in [0.25, 0.3) is 17.1 Å². The maximum Gasteiger partial charge on any atom is 0.453 e. The van der Waals surface area contributed by atoms with E-state index in [9.17, 15) is 21.6 Å². The van der Waals surface area contributed by atoms with Crippen LogP contribution in [0, 0.1) is 13.8 Å². The smallest absolute Gasteiger partial charge is 0.224 e. The molecule has 27 heavy (non-hydrogen) atoms. The molecule has 2 aromatic carbocycles. The second-order valence-electron chi connectivity index (χ2n) is 6.23. The summed E-state index contributed by atoms with van der Waals surface area (Å²) >= 11 is 0. The molecule has 3 aromatic rings. The average Bonchev–Trinajstić information content (AvgIpc) is 3.02. The third-order valence-electron chi connectivity index (χ3n) is 4.14. The zero-order valence-electron chi connectivity index (χ0n) is 14.7. The average molecular weight is 395 g/mol. The van der Waals surface area contributed by atoms with Crippen molar-refractivity contribution in [2.45, 2.75) is 24.9 Å². The third kappa shape index (κ3) is 3.87. The van der Waals surface area contributed by atoms with Crippen LogP contribution in [0.3, 0.4) is 0 Å². The van der Waals surface area contributed by atoms with Crippen LogP contribution in [0.1, 0.15) is 17.0 Å². The Morgan fingerprint density at radius 3 is 2.11 bits per heavy atom. The number of nitrogens with zero attached hydrogens (tertiary/aromatic N) is 3. The van der Waals surface area contributed by atoms with Gasteiger partial charge in [0.25, 0.3) is 5.82 Å². The lowest BCUT2D eigenvalue weighted by Crippen LogP contribution is -2.08. The number of benzene rings is 2. The lowest BCUT2D eigenvalue weighted by Gasteiger charge is -2.08. The number of sulfone groups is 1. The Morgan fingerprint density at radius 2 is 1.59 bits per heavy atom. The van der Waals surface area contributed by atoms with Crippen LogP contribution in [-0.2, 0) is 16.0 Å². The normalized spacial score (nSPS) is 12.4. The van der Waals surface area contributed by atoms with Crippen LogP contribution in [0.15, 0.2) is 47.4 Å². The zero-order chi connectivity index (χ0) is 20.0. The van der Waals surface area contributed by atoms with Gasteiger partial charge in [-0.1, -0.05) is 12.1 Å². The monoisotopic (exact) mass is 395 g/mol. The molecule has 9 heteroatoms. The molecule has 3 rings (SSSR count). The molecular formula is C18H16F3N3O2S. The molecule has 1 heterocycles. The lowest BCUT2D eigenvalue weighted by molar-refractivity contribution is -0.144. The second kappa shape index (κ2) is 6.49. The SMILES string of the molecule is Cc1ccc(-c2nc(C(F)(F)F)nn2-c2ccc(S(C)(=O)=O)cc2)cc1C. The van der Waals surface area contributed by atoms with Gasteiger partial charge in [0.15, 0.2) is 15.7 Å². The molecule has 0 atom stereocenters. The molecule has 0 saturated heterocycles. The minimum Gasteiger partial charge on any atom is -0.224 e. The van der Waals surface area contributed by atoms with Gasteiger partial charge in [-0.15, -0.1) is 5.10 Å². The summed E-state index contributed by atoms with van der Waals surface area (Å²) in [7, 11) is -3.42. The minimum atomic E-state index is -4.70. The highest BCUT2D eigenvalue weighted by Gasteiger charge is 2.37. The summed E-state index contributed by atoms with van der Waals surface area (Å²) < 4.78 is 63.7. The van der Waals surface area contributed by atoms with Gasteiger partial charge in [-0.05, 0) is 55.3 Å². The molecule has 5 nitrogen and oxygen atoms in total. The molecule has 0 N–H and O–H groups in total. The third-order valence-corrected chi connectivity index (χ3v) is 5.26. The minimum absolute atomic E-state index is 0.0255. The largest absolute Gasteiger partial charge is 0.453 e. The van der Waals surface area contributed by atoms with Crippen molar-refractivity contribution < 1.29 is 21.6 Å². The first-order chi connectivity index (χ1) is 12.5. The van der Waals surface area contributed by atoms with Crippen LogP contribution in [0.4, 0.5) is 13.2 Å². The van der Waals surface area contributed by atoms with Crippen molar-refractivity contribution in [2.75, 3.05) is 6.26 Å². The van der Waals surface area contributed by atoms with E-state index < -0.39 is 21.8 Å². The molecule has 0 radical (unpaired) electrons. The topological polar surface area (TPSA) is 64.8 Å². The molecule has 0 unspecified atom stereocenters. The molecule has 0 fully saturated rings. The first-order valence-corrected chi connectivity index (χ1v) is 9.78. The van der Waals surface area contributed by atoms with Gasteiger partial charge in [-0.2, -0.15) is 13.2 Å². The predicted octanol–water partition coefficient (Wildman–Crippen LogP) is 3.97. The molecule has 0 spiro atoms. The van der Waals surface area contributed by atoms with Crippen molar-refractivity contribution in [3.63, 3.8) is 0 Å². The predicted molar refractivity (Wildman–Crippen MR) is 94.4 cm³/mol. The number of halogens is 3. The quantitative estimate of drug-likeness (QED) is 0.673. The van der Waals surface area contributed by atoms with Crippen molar-refractivity contribution in [3.8, 4) is 17.1 Å². The number of rotatable bonds is 3. The molecule has 142 valence electrons. The fraction of sp³-hybridized carbons (Fsp3) is 0.222. The van der Waals surface area contributed by atoms with Crippen LogP contribution in [0.2, 0.25) is 0 Å². The van der Waals surface area contributed by atoms with Crippen LogP contribution < -0.4 is 0 Å². The van der Waals surface area contributed by atoms with Crippen molar-refractivity contribution in [1.82, 2.24) is 14.8 Å². The van der Waals surface area contributed by atoms with Gasteiger partial charge in [0.05, 0.1) is 10.6 Å². The van der Waals surface area contributed by atoms with E-state index in [1.54, 1.807) is 18.2 Å². The Labute approximate surface area is 154 Å². The van der Waals surface area contributed by atoms with E-state index in [0.29, 0.717) is 5.56 Å². The summed E-state index contributed by atoms with van der Waals surface area (Å²) in [4.78, 5) is 3.74. The van der Waals surface area contributed by atoms with Crippen LogP contribution in [-0.4, -0.2) is 29.4 Å². The molecular weight excluding hydrogens is 379 g/mol. The number of aromatic nitrogens is 3. The molecule has 1 aromatic heterocycles. The van der Waals surface area contributed by atoms with Gasteiger partial charge in [-0.25, -0.2) is 18.1 Å². The molecule has 0 aliphatic carbocycles. The van der Waals surface area contributed by atoms with Gasteiger partial charge in [0, 0.05) is 11.8 Å². The lowest BCUT2D eigenvalue weighted by atomic mass is 10.1. The fourth-order valence-electron chi connectivity index (χ4n) is 2.51. The van der Waals surface area contributed by atoms with E-state index in [1.165, 1.54) is 24.3 Å². The first kappa shape index (κ1) is 19.1. The summed E-state index contributed by atoms with van der Waals surface area (Å²) in [6.45, 7) is 3.75. The number of hydrogen-bond acceptors (Lipinski definition) is 4. The highest BCUT2D eigenvalue weighted by Crippen LogP contribution is 2.31. The summed E-state index contributed by atoms with van der Waals surface area (Å²) in [6, 6.07) is 10.7. The maximum atomic E-state index is 13.2. The van der Waals surface area contributed by atoms with Gasteiger partial charge < -0.3 is 0 Å². The zero-order valence-corrected chi connectivity index (χ0v) is 15.6. The van der Waals surface area contributed by atoms with Crippen molar-refractivity contribution >= 4 is 9.84 Å². The standard InChI is InChI=1S/C18H16F3N3O2S/c1-11-4-5-13(10-12(11)2)16-22-17(18(19,20)21)23-24(16)14-6-8-15(9-7-14)27(3,25)26/h4-10H,1-3H3. The molecule has 0 bridgehead atoms. The van der Waals surface area contributed by atoms with Gasteiger partial charge >= 0.3 is 6.18 Å². The number of hydrogen-bond donors (Lipinski definition) is 0. The van der Waals surface area contributed by atoms with E-state index >= 15 is 0 Å². The second-order valence-corrected chi connectivity index (χ2v) is 8.25. The number of aryl methyl sites for hydroxylation is 2. The summed E-state index contributed by atoms with van der Waals surface area (Å²) in [5.74, 6) is -1.24. The van der Waals surface area contributed by atoms with Crippen molar-refractivity contribution in [2.24, 2.45) is 0 Å². The van der Waals surface area contributed by atoms with Gasteiger partial charge in [0.2, 0.25) is 0 Å². The van der Waals surface area contributed by atoms with Gasteiger partial charge in [0.1, 0.15) is 0 Å². The summed E-state index contributed by atoms with van der Waals surface area (Å²) in [5, 5.41) is 3.60. The molecule has 0 amide bonds. The Balaban J connectivity index is 2.19. The summed E-state index contributed by atoms with van der Waals surface area (Å²) in [6.07, 6.45) is -3.65. The van der Waals surface area contributed by atoms with Crippen molar-refractivity contribution in [1.29, 1.82) is 0 Å².